The van der Waals surface area contributed by atoms with Crippen LogP contribution in [0.3, 0.4) is 0 Å². The van der Waals surface area contributed by atoms with Crippen LogP contribution in [0, 0.1) is 0 Å². The summed E-state index contributed by atoms with van der Waals surface area (Å²) in [5, 5.41) is 2.42. The van der Waals surface area contributed by atoms with E-state index in [0.29, 0.717) is 4.67 Å². The number of hydrogen-bond acceptors (Lipinski definition) is 5. The van der Waals surface area contributed by atoms with Gasteiger partial charge in [-0.3, -0.25) is 5.32 Å². The molecule has 1 aromatic rings. The van der Waals surface area contributed by atoms with E-state index in [1.54, 1.807) is 19.1 Å². The summed E-state index contributed by atoms with van der Waals surface area (Å²) in [6.45, 7) is 2.04. The van der Waals surface area contributed by atoms with Crippen LogP contribution in [-0.4, -0.2) is 36.7 Å². The number of ether oxygens (including phenoxy) is 1. The maximum Gasteiger partial charge on any atom is 0.418 e. The van der Waals surface area contributed by atoms with Crippen molar-refractivity contribution in [3.05, 3.63) is 16.8 Å². The zero-order chi connectivity index (χ0) is 13.5. The van der Waals surface area contributed by atoms with E-state index in [0.717, 1.165) is 4.90 Å². The van der Waals surface area contributed by atoms with E-state index in [1.165, 1.54) is 0 Å². The van der Waals surface area contributed by atoms with Gasteiger partial charge in [-0.1, -0.05) is 0 Å². The molecular weight excluding hydrogens is 306 g/mol. The second kappa shape index (κ2) is 7.02. The van der Waals surface area contributed by atoms with E-state index in [-0.39, 0.29) is 25.6 Å². The van der Waals surface area contributed by atoms with Gasteiger partial charge in [-0.25, -0.2) is 14.5 Å². The van der Waals surface area contributed by atoms with Crippen LogP contribution in [-0.2, 0) is 4.74 Å². The quantitative estimate of drug-likeness (QED) is 0.884. The highest BCUT2D eigenvalue weighted by molar-refractivity contribution is 9.10. The molecule has 0 aromatic carbocycles. The number of urea groups is 1. The third-order valence-corrected chi connectivity index (χ3v) is 2.32. The van der Waals surface area contributed by atoms with Crippen molar-refractivity contribution in [3.8, 4) is 0 Å². The van der Waals surface area contributed by atoms with E-state index in [4.69, 9.17) is 14.9 Å². The van der Waals surface area contributed by atoms with Gasteiger partial charge in [-0.2, -0.15) is 0 Å². The van der Waals surface area contributed by atoms with Crippen molar-refractivity contribution in [2.75, 3.05) is 25.0 Å². The average molecular weight is 320 g/mol. The monoisotopic (exact) mass is 319 g/mol. The maximum absolute atomic E-state index is 11.8. The molecule has 0 saturated carbocycles. The lowest BCUT2D eigenvalue weighted by Gasteiger charge is -2.18. The molecule has 0 fully saturated rings. The zero-order valence-corrected chi connectivity index (χ0v) is 11.4. The lowest BCUT2D eigenvalue weighted by molar-refractivity contribution is 0.118. The number of nitrogens with two attached hydrogens (primary N) is 1. The van der Waals surface area contributed by atoms with Crippen LogP contribution in [0.1, 0.15) is 6.92 Å². The molecule has 1 heterocycles. The molecule has 0 aliphatic rings. The van der Waals surface area contributed by atoms with Crippen LogP contribution < -0.4 is 11.1 Å². The summed E-state index contributed by atoms with van der Waals surface area (Å²) >= 11 is 3.10. The number of carbonyl (C=O) groups excluding carboxylic acids is 2. The summed E-state index contributed by atoms with van der Waals surface area (Å²) in [5.41, 5.74) is 5.34. The van der Waals surface area contributed by atoms with E-state index in [9.17, 15) is 9.59 Å². The molecule has 0 saturated heterocycles. The SMILES string of the molecule is CCOC(=O)N(CCN)C(=O)Nc1ccc(Br)o1. The van der Waals surface area contributed by atoms with Crippen molar-refractivity contribution >= 4 is 33.9 Å². The van der Waals surface area contributed by atoms with Crippen LogP contribution >= 0.6 is 15.9 Å². The van der Waals surface area contributed by atoms with Gasteiger partial charge < -0.3 is 14.9 Å². The Bertz CT molecular complexity index is 421. The Balaban J connectivity index is 2.67. The second-order valence-electron chi connectivity index (χ2n) is 3.17. The first-order chi connectivity index (χ1) is 8.58. The second-order valence-corrected chi connectivity index (χ2v) is 3.95. The molecule has 0 radical (unpaired) electrons. The summed E-state index contributed by atoms with van der Waals surface area (Å²) in [6, 6.07) is 2.52. The topological polar surface area (TPSA) is 97.8 Å². The number of halogens is 1. The summed E-state index contributed by atoms with van der Waals surface area (Å²) in [6.07, 6.45) is -0.744. The number of rotatable bonds is 4. The maximum atomic E-state index is 11.8. The van der Waals surface area contributed by atoms with Crippen molar-refractivity contribution in [1.82, 2.24) is 4.90 Å². The molecule has 3 amide bonds. The fraction of sp³-hybridized carbons (Fsp3) is 0.400. The summed E-state index contributed by atoms with van der Waals surface area (Å²) in [7, 11) is 0. The normalized spacial score (nSPS) is 9.94. The highest BCUT2D eigenvalue weighted by Gasteiger charge is 2.22. The van der Waals surface area contributed by atoms with Gasteiger partial charge in [0, 0.05) is 19.2 Å². The first-order valence-electron chi connectivity index (χ1n) is 5.29. The third-order valence-electron chi connectivity index (χ3n) is 1.89. The Morgan fingerprint density at radius 3 is 2.78 bits per heavy atom. The minimum Gasteiger partial charge on any atom is -0.449 e. The smallest absolute Gasteiger partial charge is 0.418 e. The Kier molecular flexibility index (Phi) is 5.66. The fourth-order valence-corrected chi connectivity index (χ4v) is 1.47. The van der Waals surface area contributed by atoms with Crippen molar-refractivity contribution in [2.45, 2.75) is 6.92 Å². The van der Waals surface area contributed by atoms with Crippen molar-refractivity contribution in [1.29, 1.82) is 0 Å². The fourth-order valence-electron chi connectivity index (χ4n) is 1.16. The molecule has 0 unspecified atom stereocenters. The van der Waals surface area contributed by atoms with E-state index >= 15 is 0 Å². The van der Waals surface area contributed by atoms with Crippen LogP contribution in [0.2, 0.25) is 0 Å². The van der Waals surface area contributed by atoms with Crippen LogP contribution in [0.15, 0.2) is 21.2 Å². The van der Waals surface area contributed by atoms with E-state index in [1.807, 2.05) is 0 Å². The minimum absolute atomic E-state index is 0.0620. The predicted octanol–water partition coefficient (Wildman–Crippen LogP) is 1.99. The molecule has 100 valence electrons. The number of nitrogens with one attached hydrogen (secondary N) is 1. The van der Waals surface area contributed by atoms with E-state index in [2.05, 4.69) is 21.2 Å². The molecule has 7 nitrogen and oxygen atoms in total. The average Bonchev–Trinajstić information content (AvgIpc) is 2.71. The molecule has 8 heteroatoms. The Labute approximate surface area is 112 Å². The number of furan rings is 1. The minimum atomic E-state index is -0.744. The molecule has 1 rings (SSSR count). The van der Waals surface area contributed by atoms with Gasteiger partial charge in [0.1, 0.15) is 0 Å². The van der Waals surface area contributed by atoms with Crippen molar-refractivity contribution in [3.63, 3.8) is 0 Å². The number of amides is 3. The van der Waals surface area contributed by atoms with Crippen molar-refractivity contribution in [2.24, 2.45) is 5.73 Å². The van der Waals surface area contributed by atoms with Crippen molar-refractivity contribution < 1.29 is 18.7 Å². The highest BCUT2D eigenvalue weighted by atomic mass is 79.9. The first kappa shape index (κ1) is 14.5. The lowest BCUT2D eigenvalue weighted by Crippen LogP contribution is -2.43. The van der Waals surface area contributed by atoms with Gasteiger partial charge in [-0.05, 0) is 28.9 Å². The standard InChI is InChI=1S/C10H14BrN3O4/c1-2-17-10(16)14(6-5-12)9(15)13-8-4-3-7(11)18-8/h3-4H,2,5-6,12H2,1H3,(H,13,15). The van der Waals surface area contributed by atoms with Crippen LogP contribution in [0.4, 0.5) is 15.5 Å². The Morgan fingerprint density at radius 1 is 1.56 bits per heavy atom. The number of carbonyl (C=O) groups is 2. The molecule has 1 aromatic heterocycles. The van der Waals surface area contributed by atoms with Gasteiger partial charge >= 0.3 is 12.1 Å². The van der Waals surface area contributed by atoms with E-state index < -0.39 is 12.1 Å². The summed E-state index contributed by atoms with van der Waals surface area (Å²) < 4.78 is 10.3. The number of nitrogens with zero attached hydrogens (tertiary/aromatic N) is 1. The molecule has 0 atom stereocenters. The predicted molar refractivity (Wildman–Crippen MR) is 68.2 cm³/mol. The van der Waals surface area contributed by atoms with Gasteiger partial charge in [0.05, 0.1) is 6.61 Å². The molecule has 0 aliphatic carbocycles. The van der Waals surface area contributed by atoms with Gasteiger partial charge in [0.2, 0.25) is 5.88 Å². The molecular formula is C10H14BrN3O4. The molecule has 0 bridgehead atoms. The molecule has 0 spiro atoms. The lowest BCUT2D eigenvalue weighted by atomic mass is 10.5. The summed E-state index contributed by atoms with van der Waals surface area (Å²) in [5.74, 6) is 0.221. The number of anilines is 1. The van der Waals surface area contributed by atoms with Gasteiger partial charge in [0.15, 0.2) is 4.67 Å². The number of imide groups is 1. The largest absolute Gasteiger partial charge is 0.449 e. The highest BCUT2D eigenvalue weighted by Crippen LogP contribution is 2.18. The molecule has 18 heavy (non-hydrogen) atoms. The summed E-state index contributed by atoms with van der Waals surface area (Å²) in [4.78, 5) is 24.2. The third kappa shape index (κ3) is 4.04. The van der Waals surface area contributed by atoms with Gasteiger partial charge in [-0.15, -0.1) is 0 Å². The Morgan fingerprint density at radius 2 is 2.28 bits per heavy atom. The van der Waals surface area contributed by atoms with Crippen LogP contribution in [0.25, 0.3) is 0 Å². The van der Waals surface area contributed by atoms with Crippen LogP contribution in [0.5, 0.6) is 0 Å². The molecule has 3 N–H and O–H groups in total. The Hall–Kier alpha value is -1.54. The zero-order valence-electron chi connectivity index (χ0n) is 9.81. The number of hydrogen-bond donors (Lipinski definition) is 2. The first-order valence-corrected chi connectivity index (χ1v) is 6.08. The molecule has 0 aliphatic heterocycles. The van der Waals surface area contributed by atoms with Gasteiger partial charge in [0.25, 0.3) is 0 Å².